The number of rotatable bonds is 3. The predicted octanol–water partition coefficient (Wildman–Crippen LogP) is 3.21. The van der Waals surface area contributed by atoms with Gasteiger partial charge in [0.1, 0.15) is 5.82 Å². The largest absolute Gasteiger partial charge is 0.465 e. The maximum absolute atomic E-state index is 12.6. The second-order valence-electron chi connectivity index (χ2n) is 5.89. The van der Waals surface area contributed by atoms with Gasteiger partial charge in [-0.05, 0) is 24.3 Å². The zero-order valence-electron chi connectivity index (χ0n) is 14.2. The summed E-state index contributed by atoms with van der Waals surface area (Å²) in [4.78, 5) is 19.8. The summed E-state index contributed by atoms with van der Waals surface area (Å²) in [5.41, 5.74) is 0.530. The fourth-order valence-corrected chi connectivity index (χ4v) is 2.95. The van der Waals surface area contributed by atoms with E-state index in [2.05, 4.69) is 9.88 Å². The van der Waals surface area contributed by atoms with Gasteiger partial charge in [0.25, 0.3) is 0 Å². The average Bonchev–Trinajstić information content (AvgIpc) is 2.67. The first kappa shape index (κ1) is 18.0. The highest BCUT2D eigenvalue weighted by molar-refractivity contribution is 5.95. The van der Waals surface area contributed by atoms with Crippen LogP contribution in [0.15, 0.2) is 42.6 Å². The molecule has 1 fully saturated rings. The first-order chi connectivity index (χ1) is 12.4. The molecule has 1 aliphatic rings. The van der Waals surface area contributed by atoms with Gasteiger partial charge in [-0.1, -0.05) is 12.1 Å². The van der Waals surface area contributed by atoms with Gasteiger partial charge >= 0.3 is 12.1 Å². The summed E-state index contributed by atoms with van der Waals surface area (Å²) in [6, 6.07) is 9.63. The highest BCUT2D eigenvalue weighted by atomic mass is 19.4. The number of methoxy groups -OCH3 is 1. The van der Waals surface area contributed by atoms with Gasteiger partial charge in [0, 0.05) is 32.4 Å². The van der Waals surface area contributed by atoms with Crippen LogP contribution in [0.5, 0.6) is 0 Å². The van der Waals surface area contributed by atoms with E-state index in [0.717, 1.165) is 18.0 Å². The van der Waals surface area contributed by atoms with Crippen LogP contribution in [-0.2, 0) is 10.9 Å². The summed E-state index contributed by atoms with van der Waals surface area (Å²) >= 11 is 0. The van der Waals surface area contributed by atoms with Gasteiger partial charge in [-0.2, -0.15) is 13.2 Å². The molecule has 138 valence electrons. The molecular weight excluding hydrogens is 347 g/mol. The summed E-state index contributed by atoms with van der Waals surface area (Å²) < 4.78 is 42.7. The number of para-hydroxylation sites is 1. The second kappa shape index (κ2) is 7.23. The standard InChI is InChI=1S/C18H18F3N3O2/c1-26-17(25)14-4-2-3-5-15(14)23-8-10-24(11-9-23)16-7-6-13(12-22-16)18(19,20)21/h2-7,12H,8-11H2,1H3. The van der Waals surface area contributed by atoms with Crippen molar-refractivity contribution < 1.29 is 22.7 Å². The number of ether oxygens (including phenoxy) is 1. The number of benzene rings is 1. The quantitative estimate of drug-likeness (QED) is 0.782. The number of piperazine rings is 1. The van der Waals surface area contributed by atoms with Gasteiger partial charge in [-0.15, -0.1) is 0 Å². The van der Waals surface area contributed by atoms with E-state index in [1.165, 1.54) is 13.2 Å². The molecule has 2 aromatic rings. The molecule has 5 nitrogen and oxygen atoms in total. The van der Waals surface area contributed by atoms with Crippen LogP contribution < -0.4 is 9.80 Å². The zero-order valence-corrected chi connectivity index (χ0v) is 14.2. The fourth-order valence-electron chi connectivity index (χ4n) is 2.95. The molecule has 0 bridgehead atoms. The van der Waals surface area contributed by atoms with Gasteiger partial charge in [0.2, 0.25) is 0 Å². The van der Waals surface area contributed by atoms with Gasteiger partial charge in [-0.25, -0.2) is 9.78 Å². The van der Waals surface area contributed by atoms with E-state index in [1.54, 1.807) is 12.1 Å². The van der Waals surface area contributed by atoms with Gasteiger partial charge < -0.3 is 14.5 Å². The molecule has 0 radical (unpaired) electrons. The Kier molecular flexibility index (Phi) is 5.01. The van der Waals surface area contributed by atoms with Crippen LogP contribution in [0.25, 0.3) is 0 Å². The lowest BCUT2D eigenvalue weighted by molar-refractivity contribution is -0.137. The lowest BCUT2D eigenvalue weighted by Gasteiger charge is -2.37. The van der Waals surface area contributed by atoms with E-state index in [9.17, 15) is 18.0 Å². The van der Waals surface area contributed by atoms with E-state index >= 15 is 0 Å². The molecular formula is C18H18F3N3O2. The van der Waals surface area contributed by atoms with Crippen LogP contribution in [0.2, 0.25) is 0 Å². The molecule has 0 atom stereocenters. The highest BCUT2D eigenvalue weighted by Crippen LogP contribution is 2.30. The summed E-state index contributed by atoms with van der Waals surface area (Å²) in [6.07, 6.45) is -3.53. The third kappa shape index (κ3) is 3.74. The molecule has 1 aromatic carbocycles. The fraction of sp³-hybridized carbons (Fsp3) is 0.333. The summed E-state index contributed by atoms with van der Waals surface area (Å²) in [5.74, 6) is 0.117. The Morgan fingerprint density at radius 2 is 1.69 bits per heavy atom. The van der Waals surface area contributed by atoms with Crippen LogP contribution >= 0.6 is 0 Å². The van der Waals surface area contributed by atoms with Crippen LogP contribution in [0.3, 0.4) is 0 Å². The highest BCUT2D eigenvalue weighted by Gasteiger charge is 2.31. The molecule has 0 unspecified atom stereocenters. The van der Waals surface area contributed by atoms with Gasteiger partial charge in [0.05, 0.1) is 23.9 Å². The normalized spacial score (nSPS) is 15.1. The number of aromatic nitrogens is 1. The molecule has 1 aliphatic heterocycles. The number of esters is 1. The number of carbonyl (C=O) groups excluding carboxylic acids is 1. The van der Waals surface area contributed by atoms with Crippen LogP contribution in [0.1, 0.15) is 15.9 Å². The summed E-state index contributed by atoms with van der Waals surface area (Å²) in [5, 5.41) is 0. The van der Waals surface area contributed by atoms with E-state index in [4.69, 9.17) is 4.74 Å². The molecule has 26 heavy (non-hydrogen) atoms. The molecule has 1 aromatic heterocycles. The maximum atomic E-state index is 12.6. The minimum absolute atomic E-state index is 0.396. The minimum atomic E-state index is -4.39. The molecule has 0 aliphatic carbocycles. The first-order valence-electron chi connectivity index (χ1n) is 8.10. The third-order valence-electron chi connectivity index (χ3n) is 4.33. The number of pyridine rings is 1. The molecule has 8 heteroatoms. The number of anilines is 2. The molecule has 0 N–H and O–H groups in total. The Morgan fingerprint density at radius 3 is 2.27 bits per heavy atom. The molecule has 0 spiro atoms. The second-order valence-corrected chi connectivity index (χ2v) is 5.89. The summed E-state index contributed by atoms with van der Waals surface area (Å²) in [7, 11) is 1.34. The smallest absolute Gasteiger partial charge is 0.417 e. The molecule has 0 saturated carbocycles. The summed E-state index contributed by atoms with van der Waals surface area (Å²) in [6.45, 7) is 2.43. The van der Waals surface area contributed by atoms with Crippen LogP contribution in [0, 0.1) is 0 Å². The number of hydrogen-bond acceptors (Lipinski definition) is 5. The minimum Gasteiger partial charge on any atom is -0.465 e. The Hall–Kier alpha value is -2.77. The van der Waals surface area contributed by atoms with Crippen molar-refractivity contribution >= 4 is 17.5 Å². The van der Waals surface area contributed by atoms with Crippen molar-refractivity contribution in [2.45, 2.75) is 6.18 Å². The van der Waals surface area contributed by atoms with Crippen LogP contribution in [0.4, 0.5) is 24.7 Å². The van der Waals surface area contributed by atoms with Crippen LogP contribution in [-0.4, -0.2) is 44.2 Å². The SMILES string of the molecule is COC(=O)c1ccccc1N1CCN(c2ccc(C(F)(F)F)cn2)CC1. The van der Waals surface area contributed by atoms with Crippen molar-refractivity contribution in [3.63, 3.8) is 0 Å². The zero-order chi connectivity index (χ0) is 18.7. The Labute approximate surface area is 149 Å². The van der Waals surface area contributed by atoms with E-state index in [0.29, 0.717) is 37.6 Å². The van der Waals surface area contributed by atoms with Crippen molar-refractivity contribution in [1.82, 2.24) is 4.98 Å². The Morgan fingerprint density at radius 1 is 1.04 bits per heavy atom. The predicted molar refractivity (Wildman–Crippen MR) is 91.4 cm³/mol. The van der Waals surface area contributed by atoms with E-state index in [-0.39, 0.29) is 0 Å². The van der Waals surface area contributed by atoms with E-state index < -0.39 is 17.7 Å². The molecule has 2 heterocycles. The van der Waals surface area contributed by atoms with Crippen molar-refractivity contribution in [3.8, 4) is 0 Å². The van der Waals surface area contributed by atoms with Gasteiger partial charge in [-0.3, -0.25) is 0 Å². The lowest BCUT2D eigenvalue weighted by atomic mass is 10.1. The molecule has 0 amide bonds. The Bertz CT molecular complexity index is 770. The Balaban J connectivity index is 1.69. The van der Waals surface area contributed by atoms with Crippen molar-refractivity contribution in [1.29, 1.82) is 0 Å². The van der Waals surface area contributed by atoms with Crippen molar-refractivity contribution in [2.24, 2.45) is 0 Å². The number of halogens is 3. The maximum Gasteiger partial charge on any atom is 0.417 e. The number of nitrogens with zero attached hydrogens (tertiary/aromatic N) is 3. The topological polar surface area (TPSA) is 45.7 Å². The van der Waals surface area contributed by atoms with E-state index in [1.807, 2.05) is 17.0 Å². The number of carbonyl (C=O) groups is 1. The number of alkyl halides is 3. The molecule has 1 saturated heterocycles. The first-order valence-corrected chi connectivity index (χ1v) is 8.10. The van der Waals surface area contributed by atoms with Crippen molar-refractivity contribution in [2.75, 3.05) is 43.1 Å². The lowest BCUT2D eigenvalue weighted by Crippen LogP contribution is -2.47. The number of hydrogen-bond donors (Lipinski definition) is 0. The van der Waals surface area contributed by atoms with Gasteiger partial charge in [0.15, 0.2) is 0 Å². The molecule has 3 rings (SSSR count). The van der Waals surface area contributed by atoms with Crippen molar-refractivity contribution in [3.05, 3.63) is 53.7 Å². The third-order valence-corrected chi connectivity index (χ3v) is 4.33. The average molecular weight is 365 g/mol. The monoisotopic (exact) mass is 365 g/mol.